The van der Waals surface area contributed by atoms with Gasteiger partial charge in [0.2, 0.25) is 5.91 Å². The Morgan fingerprint density at radius 2 is 2.18 bits per heavy atom. The Hall–Kier alpha value is -1.11. The van der Waals surface area contributed by atoms with Crippen molar-refractivity contribution >= 4 is 24.1 Å². The average molecular weight is 329 g/mol. The third kappa shape index (κ3) is 4.69. The molecule has 0 bridgehead atoms. The van der Waals surface area contributed by atoms with Crippen LogP contribution in [0.3, 0.4) is 0 Å². The summed E-state index contributed by atoms with van der Waals surface area (Å²) in [5.41, 5.74) is 1.11. The topological polar surface area (TPSA) is 79.0 Å². The second-order valence-electron chi connectivity index (χ2n) is 6.04. The van der Waals surface area contributed by atoms with Crippen LogP contribution in [0.15, 0.2) is 6.07 Å². The number of H-pyrrole nitrogens is 1. The summed E-state index contributed by atoms with van der Waals surface area (Å²) in [5.74, 6) is 1.83. The molecule has 2 aliphatic heterocycles. The fourth-order valence-electron chi connectivity index (χ4n) is 3.12. The molecule has 2 aliphatic rings. The van der Waals surface area contributed by atoms with Crippen LogP contribution in [0.5, 0.6) is 0 Å². The lowest BCUT2D eigenvalue weighted by molar-refractivity contribution is -0.116. The van der Waals surface area contributed by atoms with Gasteiger partial charge in [0.15, 0.2) is 5.82 Å². The molecule has 0 aliphatic carbocycles. The van der Waals surface area contributed by atoms with Crippen molar-refractivity contribution in [1.29, 1.82) is 0 Å². The van der Waals surface area contributed by atoms with Crippen molar-refractivity contribution < 1.29 is 9.53 Å². The SMILES string of the molecule is Cl.O=C(CCC1CCNC1)Nc1cc(C2CCOCC2)[nH]n1. The molecule has 0 radical (unpaired) electrons. The van der Waals surface area contributed by atoms with Gasteiger partial charge in [-0.2, -0.15) is 5.10 Å². The predicted octanol–water partition coefficient (Wildman–Crippen LogP) is 2.05. The smallest absolute Gasteiger partial charge is 0.225 e. The van der Waals surface area contributed by atoms with Gasteiger partial charge in [-0.05, 0) is 44.7 Å². The molecule has 1 amide bonds. The zero-order valence-electron chi connectivity index (χ0n) is 12.8. The minimum atomic E-state index is 0. The molecule has 6 nitrogen and oxygen atoms in total. The lowest BCUT2D eigenvalue weighted by Crippen LogP contribution is -2.15. The van der Waals surface area contributed by atoms with E-state index < -0.39 is 0 Å². The molecule has 0 spiro atoms. The van der Waals surface area contributed by atoms with Gasteiger partial charge in [-0.15, -0.1) is 12.4 Å². The fourth-order valence-corrected chi connectivity index (χ4v) is 3.12. The highest BCUT2D eigenvalue weighted by Crippen LogP contribution is 2.26. The molecule has 3 N–H and O–H groups in total. The van der Waals surface area contributed by atoms with Crippen LogP contribution in [0.4, 0.5) is 5.82 Å². The normalized spacial score (nSPS) is 22.3. The summed E-state index contributed by atoms with van der Waals surface area (Å²) in [5, 5.41) is 13.5. The Morgan fingerprint density at radius 3 is 2.91 bits per heavy atom. The summed E-state index contributed by atoms with van der Waals surface area (Å²) in [6.07, 6.45) is 4.75. The van der Waals surface area contributed by atoms with Crippen LogP contribution in [-0.4, -0.2) is 42.4 Å². The number of halogens is 1. The minimum absolute atomic E-state index is 0. The predicted molar refractivity (Wildman–Crippen MR) is 87.5 cm³/mol. The van der Waals surface area contributed by atoms with E-state index in [-0.39, 0.29) is 18.3 Å². The van der Waals surface area contributed by atoms with E-state index in [2.05, 4.69) is 20.8 Å². The maximum absolute atomic E-state index is 11.9. The van der Waals surface area contributed by atoms with E-state index in [1.54, 1.807) is 0 Å². The molecule has 2 fully saturated rings. The number of ether oxygens (including phenoxy) is 1. The van der Waals surface area contributed by atoms with Crippen molar-refractivity contribution in [2.45, 2.75) is 38.0 Å². The number of aromatic amines is 1. The van der Waals surface area contributed by atoms with Crippen LogP contribution < -0.4 is 10.6 Å². The summed E-state index contributed by atoms with van der Waals surface area (Å²) < 4.78 is 5.36. The third-order valence-corrected chi connectivity index (χ3v) is 4.47. The molecular formula is C15H25ClN4O2. The summed E-state index contributed by atoms with van der Waals surface area (Å²) in [4.78, 5) is 11.9. The lowest BCUT2D eigenvalue weighted by atomic mass is 9.97. The first-order valence-electron chi connectivity index (χ1n) is 7.95. The Bertz CT molecular complexity index is 468. The monoisotopic (exact) mass is 328 g/mol. The summed E-state index contributed by atoms with van der Waals surface area (Å²) in [6.45, 7) is 3.74. The number of rotatable bonds is 5. The van der Waals surface area contributed by atoms with Crippen molar-refractivity contribution in [2.24, 2.45) is 5.92 Å². The Kier molecular flexibility index (Phi) is 6.67. The molecule has 22 heavy (non-hydrogen) atoms. The highest BCUT2D eigenvalue weighted by Gasteiger charge is 2.19. The molecule has 124 valence electrons. The average Bonchev–Trinajstić information content (AvgIpc) is 3.17. The van der Waals surface area contributed by atoms with Gasteiger partial charge in [-0.1, -0.05) is 0 Å². The van der Waals surface area contributed by atoms with E-state index in [1.807, 2.05) is 6.07 Å². The van der Waals surface area contributed by atoms with Crippen LogP contribution >= 0.6 is 12.4 Å². The third-order valence-electron chi connectivity index (χ3n) is 4.47. The zero-order chi connectivity index (χ0) is 14.5. The fraction of sp³-hybridized carbons (Fsp3) is 0.733. The number of anilines is 1. The second-order valence-corrected chi connectivity index (χ2v) is 6.04. The summed E-state index contributed by atoms with van der Waals surface area (Å²) in [7, 11) is 0. The molecule has 0 saturated carbocycles. The van der Waals surface area contributed by atoms with Crippen LogP contribution in [0.1, 0.15) is 43.7 Å². The number of nitrogens with zero attached hydrogens (tertiary/aromatic N) is 1. The minimum Gasteiger partial charge on any atom is -0.381 e. The van der Waals surface area contributed by atoms with E-state index in [9.17, 15) is 4.79 Å². The van der Waals surface area contributed by atoms with E-state index in [1.165, 1.54) is 6.42 Å². The van der Waals surface area contributed by atoms with Crippen LogP contribution in [0.2, 0.25) is 0 Å². The number of nitrogens with one attached hydrogen (secondary N) is 3. The van der Waals surface area contributed by atoms with Gasteiger partial charge in [0.05, 0.1) is 0 Å². The first kappa shape index (κ1) is 17.2. The first-order valence-corrected chi connectivity index (χ1v) is 7.95. The number of carbonyl (C=O) groups is 1. The van der Waals surface area contributed by atoms with Gasteiger partial charge < -0.3 is 15.4 Å². The standard InChI is InChI=1S/C15H24N4O2.ClH/c20-15(2-1-11-3-6-16-10-11)17-14-9-13(18-19-14)12-4-7-21-8-5-12;/h9,11-12,16H,1-8,10H2,(H2,17,18,19,20);1H. The highest BCUT2D eigenvalue weighted by atomic mass is 35.5. The molecular weight excluding hydrogens is 304 g/mol. The van der Waals surface area contributed by atoms with Gasteiger partial charge in [0.1, 0.15) is 0 Å². The second kappa shape index (κ2) is 8.50. The largest absolute Gasteiger partial charge is 0.381 e. The van der Waals surface area contributed by atoms with Gasteiger partial charge in [0.25, 0.3) is 0 Å². The van der Waals surface area contributed by atoms with E-state index in [0.29, 0.717) is 24.1 Å². The molecule has 7 heteroatoms. The molecule has 1 aromatic heterocycles. The van der Waals surface area contributed by atoms with Crippen molar-refractivity contribution in [1.82, 2.24) is 15.5 Å². The molecule has 2 saturated heterocycles. The van der Waals surface area contributed by atoms with Crippen molar-refractivity contribution in [2.75, 3.05) is 31.6 Å². The molecule has 0 aromatic carbocycles. The summed E-state index contributed by atoms with van der Waals surface area (Å²) in [6, 6.07) is 1.96. The lowest BCUT2D eigenvalue weighted by Gasteiger charge is -2.20. The Morgan fingerprint density at radius 1 is 1.36 bits per heavy atom. The van der Waals surface area contributed by atoms with E-state index in [4.69, 9.17) is 4.74 Å². The number of amides is 1. The highest BCUT2D eigenvalue weighted by molar-refractivity contribution is 5.89. The van der Waals surface area contributed by atoms with E-state index >= 15 is 0 Å². The van der Waals surface area contributed by atoms with E-state index in [0.717, 1.165) is 51.3 Å². The van der Waals surface area contributed by atoms with Crippen molar-refractivity contribution in [3.05, 3.63) is 11.8 Å². The van der Waals surface area contributed by atoms with Crippen LogP contribution in [0, 0.1) is 5.92 Å². The molecule has 1 unspecified atom stereocenters. The molecule has 1 aromatic rings. The van der Waals surface area contributed by atoms with Crippen LogP contribution in [-0.2, 0) is 9.53 Å². The number of aromatic nitrogens is 2. The zero-order valence-corrected chi connectivity index (χ0v) is 13.6. The number of carbonyl (C=O) groups excluding carboxylic acids is 1. The van der Waals surface area contributed by atoms with Crippen LogP contribution in [0.25, 0.3) is 0 Å². The van der Waals surface area contributed by atoms with Crippen molar-refractivity contribution in [3.8, 4) is 0 Å². The molecule has 1 atom stereocenters. The Balaban J connectivity index is 0.00000176. The molecule has 3 rings (SSSR count). The van der Waals surface area contributed by atoms with Gasteiger partial charge >= 0.3 is 0 Å². The number of hydrogen-bond acceptors (Lipinski definition) is 4. The van der Waals surface area contributed by atoms with Crippen molar-refractivity contribution in [3.63, 3.8) is 0 Å². The maximum Gasteiger partial charge on any atom is 0.225 e. The first-order chi connectivity index (χ1) is 10.3. The van der Waals surface area contributed by atoms with Gasteiger partial charge in [-0.25, -0.2) is 0 Å². The summed E-state index contributed by atoms with van der Waals surface area (Å²) >= 11 is 0. The quantitative estimate of drug-likeness (QED) is 0.773. The van der Waals surface area contributed by atoms with Gasteiger partial charge in [0, 0.05) is 37.3 Å². The number of hydrogen-bond donors (Lipinski definition) is 3. The van der Waals surface area contributed by atoms with Gasteiger partial charge in [-0.3, -0.25) is 9.89 Å². The molecule has 3 heterocycles. The Labute approximate surface area is 137 Å². The maximum atomic E-state index is 11.9.